The average Bonchev–Trinajstić information content (AvgIpc) is 3.23. The molecule has 4 rings (SSSR count). The molecule has 1 aliphatic heterocycles. The average molecular weight is 383 g/mol. The van der Waals surface area contributed by atoms with E-state index in [0.717, 1.165) is 10.6 Å². The summed E-state index contributed by atoms with van der Waals surface area (Å²) in [5.74, 6) is -0.635. The minimum atomic E-state index is -0.565. The zero-order valence-corrected chi connectivity index (χ0v) is 14.5. The molecular weight excluding hydrogens is 371 g/mol. The van der Waals surface area contributed by atoms with E-state index in [0.29, 0.717) is 22.2 Å². The summed E-state index contributed by atoms with van der Waals surface area (Å²) < 4.78 is 18.8. The number of hydrogen-bond acceptors (Lipinski definition) is 3. The Balaban J connectivity index is 1.61. The number of nitrogens with one attached hydrogen (secondary N) is 1. The SMILES string of the molecule is O=C1NN(c2ccc(F)cc2)C(=O)/C1=C\c1ccc(-c2cccc(Cl)c2)o1. The first-order valence-corrected chi connectivity index (χ1v) is 8.37. The largest absolute Gasteiger partial charge is 0.457 e. The highest BCUT2D eigenvalue weighted by Crippen LogP contribution is 2.27. The van der Waals surface area contributed by atoms with E-state index in [9.17, 15) is 14.0 Å². The second kappa shape index (κ2) is 6.74. The molecular formula is C20H12ClFN2O3. The Bertz CT molecular complexity index is 1070. The Hall–Kier alpha value is -3.38. The zero-order chi connectivity index (χ0) is 19.0. The van der Waals surface area contributed by atoms with Gasteiger partial charge in [-0.2, -0.15) is 0 Å². The Morgan fingerprint density at radius 3 is 2.56 bits per heavy atom. The van der Waals surface area contributed by atoms with Gasteiger partial charge in [0.2, 0.25) is 0 Å². The van der Waals surface area contributed by atoms with Gasteiger partial charge >= 0.3 is 0 Å². The molecule has 0 bridgehead atoms. The molecule has 0 aliphatic carbocycles. The van der Waals surface area contributed by atoms with Gasteiger partial charge in [-0.25, -0.2) is 9.40 Å². The van der Waals surface area contributed by atoms with Crippen LogP contribution in [-0.4, -0.2) is 11.8 Å². The molecule has 1 N–H and O–H groups in total. The maximum Gasteiger partial charge on any atom is 0.282 e. The van der Waals surface area contributed by atoms with Gasteiger partial charge in [-0.3, -0.25) is 15.0 Å². The third-order valence-electron chi connectivity index (χ3n) is 4.00. The van der Waals surface area contributed by atoms with Crippen molar-refractivity contribution in [3.8, 4) is 11.3 Å². The van der Waals surface area contributed by atoms with E-state index in [1.165, 1.54) is 30.3 Å². The van der Waals surface area contributed by atoms with E-state index in [1.54, 1.807) is 30.3 Å². The number of halogens is 2. The summed E-state index contributed by atoms with van der Waals surface area (Å²) in [5.41, 5.74) is 3.51. The van der Waals surface area contributed by atoms with E-state index in [2.05, 4.69) is 5.43 Å². The molecule has 1 fully saturated rings. The lowest BCUT2D eigenvalue weighted by Crippen LogP contribution is -2.35. The molecule has 27 heavy (non-hydrogen) atoms. The van der Waals surface area contributed by atoms with Crippen molar-refractivity contribution < 1.29 is 18.4 Å². The summed E-state index contributed by atoms with van der Waals surface area (Å²) in [6.45, 7) is 0. The highest BCUT2D eigenvalue weighted by molar-refractivity contribution is 6.31. The number of furan rings is 1. The predicted octanol–water partition coefficient (Wildman–Crippen LogP) is 4.20. The molecule has 0 spiro atoms. The molecule has 2 heterocycles. The standard InChI is InChI=1S/C20H12ClFN2O3/c21-13-3-1-2-12(10-13)18-9-8-16(27-18)11-17-19(25)23-24(20(17)26)15-6-4-14(22)5-7-15/h1-11H,(H,23,25)/b17-11-. The Morgan fingerprint density at radius 2 is 1.81 bits per heavy atom. The number of carbonyl (C=O) groups is 2. The fourth-order valence-corrected chi connectivity index (χ4v) is 2.89. The number of carbonyl (C=O) groups excluding carboxylic acids is 2. The van der Waals surface area contributed by atoms with Crippen molar-refractivity contribution in [1.29, 1.82) is 0 Å². The predicted molar refractivity (Wildman–Crippen MR) is 99.2 cm³/mol. The monoisotopic (exact) mass is 382 g/mol. The van der Waals surface area contributed by atoms with Crippen LogP contribution in [0.2, 0.25) is 5.02 Å². The minimum Gasteiger partial charge on any atom is -0.457 e. The van der Waals surface area contributed by atoms with Gasteiger partial charge < -0.3 is 4.42 Å². The van der Waals surface area contributed by atoms with Crippen LogP contribution in [0.15, 0.2) is 70.7 Å². The highest BCUT2D eigenvalue weighted by Gasteiger charge is 2.34. The number of nitrogens with zero attached hydrogens (tertiary/aromatic N) is 1. The number of benzene rings is 2. The van der Waals surface area contributed by atoms with E-state index in [-0.39, 0.29) is 5.57 Å². The topological polar surface area (TPSA) is 62.6 Å². The normalized spacial score (nSPS) is 15.5. The molecule has 0 atom stereocenters. The van der Waals surface area contributed by atoms with Gasteiger partial charge in [0.1, 0.15) is 22.9 Å². The first kappa shape index (κ1) is 17.1. The number of rotatable bonds is 3. The molecule has 0 saturated carbocycles. The first-order chi connectivity index (χ1) is 13.0. The number of amides is 2. The molecule has 1 aromatic heterocycles. The lowest BCUT2D eigenvalue weighted by molar-refractivity contribution is -0.117. The van der Waals surface area contributed by atoms with E-state index < -0.39 is 17.6 Å². The van der Waals surface area contributed by atoms with Crippen molar-refractivity contribution in [2.45, 2.75) is 0 Å². The summed E-state index contributed by atoms with van der Waals surface area (Å²) in [7, 11) is 0. The maximum absolute atomic E-state index is 13.1. The van der Waals surface area contributed by atoms with E-state index in [1.807, 2.05) is 6.07 Å². The summed E-state index contributed by atoms with van der Waals surface area (Å²) >= 11 is 5.98. The van der Waals surface area contributed by atoms with Crippen molar-refractivity contribution in [1.82, 2.24) is 5.43 Å². The lowest BCUT2D eigenvalue weighted by atomic mass is 10.2. The summed E-state index contributed by atoms with van der Waals surface area (Å²) in [6.07, 6.45) is 1.37. The van der Waals surface area contributed by atoms with Crippen LogP contribution in [0.3, 0.4) is 0 Å². The smallest absolute Gasteiger partial charge is 0.282 e. The van der Waals surface area contributed by atoms with Gasteiger partial charge in [-0.15, -0.1) is 0 Å². The van der Waals surface area contributed by atoms with Gasteiger partial charge in [-0.05, 0) is 54.6 Å². The van der Waals surface area contributed by atoms with Gasteiger partial charge in [-0.1, -0.05) is 23.7 Å². The molecule has 1 saturated heterocycles. The van der Waals surface area contributed by atoms with Crippen LogP contribution in [-0.2, 0) is 9.59 Å². The highest BCUT2D eigenvalue weighted by atomic mass is 35.5. The van der Waals surface area contributed by atoms with Crippen LogP contribution in [0.5, 0.6) is 0 Å². The second-order valence-electron chi connectivity index (χ2n) is 5.83. The number of hydrazine groups is 1. The van der Waals surface area contributed by atoms with Crippen LogP contribution < -0.4 is 10.4 Å². The summed E-state index contributed by atoms with van der Waals surface area (Å²) in [5, 5.41) is 1.64. The number of anilines is 1. The third kappa shape index (κ3) is 3.35. The van der Waals surface area contributed by atoms with Crippen LogP contribution >= 0.6 is 11.6 Å². The maximum atomic E-state index is 13.1. The van der Waals surface area contributed by atoms with E-state index in [4.69, 9.17) is 16.0 Å². The van der Waals surface area contributed by atoms with Gasteiger partial charge in [0.05, 0.1) is 5.69 Å². The van der Waals surface area contributed by atoms with Crippen LogP contribution in [0, 0.1) is 5.82 Å². The van der Waals surface area contributed by atoms with Gasteiger partial charge in [0, 0.05) is 10.6 Å². The molecule has 0 radical (unpaired) electrons. The molecule has 2 aromatic carbocycles. The lowest BCUT2D eigenvalue weighted by Gasteiger charge is -2.14. The van der Waals surface area contributed by atoms with Crippen molar-refractivity contribution in [3.63, 3.8) is 0 Å². The molecule has 0 unspecified atom stereocenters. The van der Waals surface area contributed by atoms with Gasteiger partial charge in [0.15, 0.2) is 0 Å². The van der Waals surface area contributed by atoms with Gasteiger partial charge in [0.25, 0.3) is 11.8 Å². The summed E-state index contributed by atoms with van der Waals surface area (Å²) in [6, 6.07) is 15.8. The van der Waals surface area contributed by atoms with Crippen molar-refractivity contribution in [2.24, 2.45) is 0 Å². The molecule has 2 amide bonds. The molecule has 5 nitrogen and oxygen atoms in total. The van der Waals surface area contributed by atoms with Crippen LogP contribution in [0.1, 0.15) is 5.76 Å². The fourth-order valence-electron chi connectivity index (χ4n) is 2.70. The first-order valence-electron chi connectivity index (χ1n) is 8.00. The van der Waals surface area contributed by atoms with Crippen molar-refractivity contribution in [3.05, 3.63) is 82.8 Å². The van der Waals surface area contributed by atoms with E-state index >= 15 is 0 Å². The zero-order valence-electron chi connectivity index (χ0n) is 13.8. The Kier molecular flexibility index (Phi) is 4.25. The molecule has 134 valence electrons. The number of hydrogen-bond donors (Lipinski definition) is 1. The third-order valence-corrected chi connectivity index (χ3v) is 4.23. The fraction of sp³-hybridized carbons (Fsp3) is 0. The summed E-state index contributed by atoms with van der Waals surface area (Å²) in [4.78, 5) is 24.7. The van der Waals surface area contributed by atoms with Crippen LogP contribution in [0.25, 0.3) is 17.4 Å². The quantitative estimate of drug-likeness (QED) is 0.545. The second-order valence-corrected chi connectivity index (χ2v) is 6.26. The molecule has 3 aromatic rings. The molecule has 7 heteroatoms. The Labute approximate surface area is 158 Å². The van der Waals surface area contributed by atoms with Crippen molar-refractivity contribution >= 4 is 35.2 Å². The molecule has 1 aliphatic rings. The Morgan fingerprint density at radius 1 is 1.04 bits per heavy atom. The van der Waals surface area contributed by atoms with Crippen LogP contribution in [0.4, 0.5) is 10.1 Å². The van der Waals surface area contributed by atoms with Crippen molar-refractivity contribution in [2.75, 3.05) is 5.01 Å². The minimum absolute atomic E-state index is 0.0775.